The van der Waals surface area contributed by atoms with E-state index in [0.717, 1.165) is 11.1 Å². The van der Waals surface area contributed by atoms with Gasteiger partial charge >= 0.3 is 0 Å². The van der Waals surface area contributed by atoms with E-state index in [1.807, 2.05) is 61.5 Å². The fourth-order valence-electron chi connectivity index (χ4n) is 3.30. The number of nitrogens with zero attached hydrogens (tertiary/aromatic N) is 1. The molecule has 2 aromatic carbocycles. The second kappa shape index (κ2) is 10.1. The molecule has 0 saturated carbocycles. The predicted molar refractivity (Wildman–Crippen MR) is 116 cm³/mol. The number of hydrogen-bond acceptors (Lipinski definition) is 3. The molecule has 0 bridgehead atoms. The summed E-state index contributed by atoms with van der Waals surface area (Å²) in [5.41, 5.74) is 1.91. The average Bonchev–Trinajstić information content (AvgIpc) is 2.71. The molecule has 0 aromatic heterocycles. The third-order valence-electron chi connectivity index (χ3n) is 4.87. The topological polar surface area (TPSA) is 58.6 Å². The van der Waals surface area contributed by atoms with Crippen LogP contribution in [0.15, 0.2) is 54.6 Å². The van der Waals surface area contributed by atoms with Gasteiger partial charge in [-0.1, -0.05) is 76.2 Å². The summed E-state index contributed by atoms with van der Waals surface area (Å²) in [6.45, 7) is 8.47. The van der Waals surface area contributed by atoms with Crippen molar-refractivity contribution < 1.29 is 14.3 Å². The maximum atomic E-state index is 13.1. The number of para-hydroxylation sites is 1. The summed E-state index contributed by atoms with van der Waals surface area (Å²) >= 11 is 0. The largest absolute Gasteiger partial charge is 0.483 e. The molecule has 1 N–H and O–H groups in total. The molecular weight excluding hydrogens is 364 g/mol. The Bertz CT molecular complexity index is 812. The Hall–Kier alpha value is -2.82. The van der Waals surface area contributed by atoms with Gasteiger partial charge in [-0.05, 0) is 29.0 Å². The quantitative estimate of drug-likeness (QED) is 0.736. The molecule has 0 heterocycles. The first-order valence-electron chi connectivity index (χ1n) is 10.0. The second-order valence-corrected chi connectivity index (χ2v) is 8.08. The summed E-state index contributed by atoms with van der Waals surface area (Å²) in [6.07, 6.45) is 0.525. The molecule has 29 heavy (non-hydrogen) atoms. The monoisotopic (exact) mass is 396 g/mol. The van der Waals surface area contributed by atoms with E-state index in [1.54, 1.807) is 11.9 Å². The first kappa shape index (κ1) is 22.5. The van der Waals surface area contributed by atoms with Crippen molar-refractivity contribution in [3.05, 3.63) is 65.7 Å². The third kappa shape index (κ3) is 6.08. The van der Waals surface area contributed by atoms with Gasteiger partial charge in [-0.25, -0.2) is 0 Å². The van der Waals surface area contributed by atoms with Crippen LogP contribution in [0.1, 0.15) is 45.2 Å². The van der Waals surface area contributed by atoms with E-state index in [2.05, 4.69) is 26.1 Å². The lowest BCUT2D eigenvalue weighted by Crippen LogP contribution is -2.49. The van der Waals surface area contributed by atoms with Crippen molar-refractivity contribution in [3.8, 4) is 5.75 Å². The zero-order chi connectivity index (χ0) is 21.4. The van der Waals surface area contributed by atoms with Crippen LogP contribution in [0, 0.1) is 0 Å². The fraction of sp³-hybridized carbons (Fsp3) is 0.417. The fourth-order valence-corrected chi connectivity index (χ4v) is 3.30. The smallest absolute Gasteiger partial charge is 0.261 e. The summed E-state index contributed by atoms with van der Waals surface area (Å²) < 4.78 is 5.93. The molecule has 0 saturated heterocycles. The Morgan fingerprint density at radius 2 is 1.66 bits per heavy atom. The Morgan fingerprint density at radius 1 is 1.03 bits per heavy atom. The van der Waals surface area contributed by atoms with Crippen molar-refractivity contribution in [2.75, 3.05) is 13.7 Å². The summed E-state index contributed by atoms with van der Waals surface area (Å²) in [5, 5.41) is 2.67. The van der Waals surface area contributed by atoms with E-state index < -0.39 is 6.04 Å². The molecule has 0 aliphatic carbocycles. The Morgan fingerprint density at radius 3 is 2.24 bits per heavy atom. The molecule has 1 atom stereocenters. The summed E-state index contributed by atoms with van der Waals surface area (Å²) in [6, 6.07) is 16.9. The first-order chi connectivity index (χ1) is 13.8. The van der Waals surface area contributed by atoms with Crippen LogP contribution in [-0.4, -0.2) is 36.4 Å². The highest BCUT2D eigenvalue weighted by Crippen LogP contribution is 2.31. The van der Waals surface area contributed by atoms with Crippen molar-refractivity contribution in [2.24, 2.45) is 0 Å². The van der Waals surface area contributed by atoms with Gasteiger partial charge in [-0.15, -0.1) is 0 Å². The number of nitrogens with one attached hydrogen (secondary N) is 1. The maximum Gasteiger partial charge on any atom is 0.261 e. The minimum Gasteiger partial charge on any atom is -0.483 e. The van der Waals surface area contributed by atoms with Gasteiger partial charge in [-0.2, -0.15) is 0 Å². The summed E-state index contributed by atoms with van der Waals surface area (Å²) in [7, 11) is 1.59. The molecule has 0 aliphatic heterocycles. The number of amides is 2. The lowest BCUT2D eigenvalue weighted by Gasteiger charge is -2.30. The lowest BCUT2D eigenvalue weighted by molar-refractivity contribution is -0.142. The van der Waals surface area contributed by atoms with Gasteiger partial charge in [-0.3, -0.25) is 9.59 Å². The Kier molecular flexibility index (Phi) is 7.82. The zero-order valence-electron chi connectivity index (χ0n) is 18.1. The number of benzene rings is 2. The van der Waals surface area contributed by atoms with Crippen molar-refractivity contribution >= 4 is 11.8 Å². The van der Waals surface area contributed by atoms with Crippen LogP contribution in [-0.2, 0) is 21.5 Å². The zero-order valence-corrected chi connectivity index (χ0v) is 18.1. The molecule has 156 valence electrons. The number of ether oxygens (including phenoxy) is 1. The van der Waals surface area contributed by atoms with Gasteiger partial charge in [0.1, 0.15) is 11.8 Å². The molecule has 2 amide bonds. The summed E-state index contributed by atoms with van der Waals surface area (Å²) in [4.78, 5) is 27.1. The molecule has 0 aliphatic rings. The van der Waals surface area contributed by atoms with Gasteiger partial charge < -0.3 is 15.0 Å². The minimum atomic E-state index is -0.547. The number of hydrogen-bond donors (Lipinski definition) is 1. The minimum absolute atomic E-state index is 0.0998. The predicted octanol–water partition coefficient (Wildman–Crippen LogP) is 3.92. The van der Waals surface area contributed by atoms with Gasteiger partial charge in [0.2, 0.25) is 5.91 Å². The highest BCUT2D eigenvalue weighted by Gasteiger charge is 2.28. The molecule has 5 nitrogen and oxygen atoms in total. The van der Waals surface area contributed by atoms with Crippen molar-refractivity contribution in [3.63, 3.8) is 0 Å². The molecular formula is C24H32N2O3. The number of likely N-dealkylation sites (N-methyl/N-ethyl adjacent to an activating group) is 1. The van der Waals surface area contributed by atoms with E-state index in [4.69, 9.17) is 4.74 Å². The van der Waals surface area contributed by atoms with Crippen molar-refractivity contribution in [2.45, 2.75) is 52.1 Å². The van der Waals surface area contributed by atoms with E-state index in [0.29, 0.717) is 18.7 Å². The lowest BCUT2D eigenvalue weighted by atomic mass is 9.86. The molecule has 0 radical (unpaired) electrons. The van der Waals surface area contributed by atoms with Gasteiger partial charge in [0.05, 0.1) is 0 Å². The molecule has 5 heteroatoms. The second-order valence-electron chi connectivity index (χ2n) is 8.08. The van der Waals surface area contributed by atoms with Crippen LogP contribution in [0.3, 0.4) is 0 Å². The highest BCUT2D eigenvalue weighted by molar-refractivity contribution is 5.88. The standard InChI is InChI=1S/C24H32N2O3/c1-6-20(23(28)25-5)26(16-18-12-8-7-9-13-18)22(27)17-29-21-15-11-10-14-19(21)24(2,3)4/h7-15,20H,6,16-17H2,1-5H3,(H,25,28)/t20-/m0/s1. The van der Waals surface area contributed by atoms with Gasteiger partial charge in [0.25, 0.3) is 5.91 Å². The molecule has 2 rings (SSSR count). The number of rotatable bonds is 8. The molecule has 0 unspecified atom stereocenters. The van der Waals surface area contributed by atoms with Crippen molar-refractivity contribution in [1.82, 2.24) is 10.2 Å². The average molecular weight is 397 g/mol. The SMILES string of the molecule is CC[C@@H](C(=O)NC)N(Cc1ccccc1)C(=O)COc1ccccc1C(C)(C)C. The molecule has 0 spiro atoms. The van der Waals surface area contributed by atoms with Crippen LogP contribution >= 0.6 is 0 Å². The molecule has 0 fully saturated rings. The van der Waals surface area contributed by atoms with Crippen LogP contribution in [0.25, 0.3) is 0 Å². The van der Waals surface area contributed by atoms with E-state index in [1.165, 1.54) is 0 Å². The van der Waals surface area contributed by atoms with Crippen LogP contribution in [0.4, 0.5) is 0 Å². The summed E-state index contributed by atoms with van der Waals surface area (Å²) in [5.74, 6) is 0.306. The highest BCUT2D eigenvalue weighted by atomic mass is 16.5. The van der Waals surface area contributed by atoms with Crippen LogP contribution < -0.4 is 10.1 Å². The maximum absolute atomic E-state index is 13.1. The van der Waals surface area contributed by atoms with Gasteiger partial charge in [0.15, 0.2) is 6.61 Å². The van der Waals surface area contributed by atoms with E-state index in [9.17, 15) is 9.59 Å². The van der Waals surface area contributed by atoms with E-state index in [-0.39, 0.29) is 23.8 Å². The molecule has 2 aromatic rings. The first-order valence-corrected chi connectivity index (χ1v) is 10.0. The normalized spacial score (nSPS) is 12.2. The van der Waals surface area contributed by atoms with Crippen LogP contribution in [0.2, 0.25) is 0 Å². The van der Waals surface area contributed by atoms with Crippen LogP contribution in [0.5, 0.6) is 5.75 Å². The number of carbonyl (C=O) groups excluding carboxylic acids is 2. The van der Waals surface area contributed by atoms with Gasteiger partial charge in [0, 0.05) is 13.6 Å². The van der Waals surface area contributed by atoms with E-state index >= 15 is 0 Å². The third-order valence-corrected chi connectivity index (χ3v) is 4.87. The Balaban J connectivity index is 2.22. The number of carbonyl (C=O) groups is 2. The van der Waals surface area contributed by atoms with Crippen molar-refractivity contribution in [1.29, 1.82) is 0 Å². The Labute approximate surface area is 174 Å².